The van der Waals surface area contributed by atoms with Crippen LogP contribution in [0.5, 0.6) is 0 Å². The van der Waals surface area contributed by atoms with Crippen molar-refractivity contribution in [2.75, 3.05) is 31.7 Å². The maximum Gasteiger partial charge on any atom is 0.0642 e. The van der Waals surface area contributed by atoms with Crippen molar-refractivity contribution in [2.45, 2.75) is 19.4 Å². The lowest BCUT2D eigenvalue weighted by Gasteiger charge is -2.29. The second-order valence-electron chi connectivity index (χ2n) is 4.93. The molecule has 0 bridgehead atoms. The van der Waals surface area contributed by atoms with E-state index >= 15 is 0 Å². The van der Waals surface area contributed by atoms with Gasteiger partial charge in [-0.15, -0.1) is 0 Å². The Labute approximate surface area is 114 Å². The Hall–Kier alpha value is -0.770. The molecule has 18 heavy (non-hydrogen) atoms. The van der Waals surface area contributed by atoms with Gasteiger partial charge in [0.05, 0.1) is 10.7 Å². The van der Waals surface area contributed by atoms with E-state index in [0.717, 1.165) is 48.9 Å². The molecule has 1 saturated heterocycles. The molecule has 1 aliphatic rings. The number of anilines is 1. The Kier molecular flexibility index (Phi) is 4.87. The highest BCUT2D eigenvalue weighted by molar-refractivity contribution is 6.33. The lowest BCUT2D eigenvalue weighted by Crippen LogP contribution is -2.29. The van der Waals surface area contributed by atoms with Crippen LogP contribution in [-0.2, 0) is 11.3 Å². The fourth-order valence-electron chi connectivity index (χ4n) is 2.40. The fourth-order valence-corrected chi connectivity index (χ4v) is 2.75. The van der Waals surface area contributed by atoms with Gasteiger partial charge in [-0.1, -0.05) is 17.7 Å². The minimum atomic E-state index is 0.531. The molecule has 0 aromatic heterocycles. The average molecular weight is 269 g/mol. The van der Waals surface area contributed by atoms with Gasteiger partial charge in [0.2, 0.25) is 0 Å². The van der Waals surface area contributed by atoms with Gasteiger partial charge < -0.3 is 15.4 Å². The summed E-state index contributed by atoms with van der Waals surface area (Å²) in [4.78, 5) is 2.23. The molecule has 0 aliphatic carbocycles. The van der Waals surface area contributed by atoms with Crippen molar-refractivity contribution in [3.05, 3.63) is 28.8 Å². The molecule has 1 aromatic rings. The molecular formula is C14H21ClN2O. The predicted octanol–water partition coefficient (Wildman–Crippen LogP) is 2.66. The van der Waals surface area contributed by atoms with Gasteiger partial charge in [0.25, 0.3) is 0 Å². The summed E-state index contributed by atoms with van der Waals surface area (Å²) in [5, 5.41) is 0.785. The number of halogens is 1. The molecule has 1 aliphatic heterocycles. The second kappa shape index (κ2) is 6.41. The van der Waals surface area contributed by atoms with Crippen LogP contribution in [0.1, 0.15) is 18.4 Å². The zero-order valence-corrected chi connectivity index (χ0v) is 11.6. The van der Waals surface area contributed by atoms with E-state index < -0.39 is 0 Å². The minimum absolute atomic E-state index is 0.531. The summed E-state index contributed by atoms with van der Waals surface area (Å²) in [6.45, 7) is 3.34. The van der Waals surface area contributed by atoms with Crippen molar-refractivity contribution in [1.29, 1.82) is 0 Å². The van der Waals surface area contributed by atoms with Gasteiger partial charge in [0, 0.05) is 33.4 Å². The monoisotopic (exact) mass is 268 g/mol. The van der Waals surface area contributed by atoms with Crippen LogP contribution in [0.3, 0.4) is 0 Å². The SMILES string of the molecule is CN(CC1CCOCC1)c1ccc(CN)cc1Cl. The van der Waals surface area contributed by atoms with E-state index in [4.69, 9.17) is 22.1 Å². The molecule has 1 fully saturated rings. The van der Waals surface area contributed by atoms with E-state index in [9.17, 15) is 0 Å². The van der Waals surface area contributed by atoms with Crippen LogP contribution in [0.15, 0.2) is 18.2 Å². The highest BCUT2D eigenvalue weighted by Gasteiger charge is 2.17. The van der Waals surface area contributed by atoms with E-state index in [2.05, 4.69) is 18.0 Å². The third-order valence-electron chi connectivity index (χ3n) is 3.53. The van der Waals surface area contributed by atoms with Crippen LogP contribution < -0.4 is 10.6 Å². The maximum absolute atomic E-state index is 6.30. The normalized spacial score (nSPS) is 16.8. The van der Waals surface area contributed by atoms with Gasteiger partial charge in [-0.25, -0.2) is 0 Å². The first-order valence-electron chi connectivity index (χ1n) is 6.48. The van der Waals surface area contributed by atoms with Gasteiger partial charge in [0.15, 0.2) is 0 Å². The maximum atomic E-state index is 6.30. The summed E-state index contributed by atoms with van der Waals surface area (Å²) in [5.74, 6) is 0.703. The Morgan fingerprint density at radius 3 is 2.72 bits per heavy atom. The lowest BCUT2D eigenvalue weighted by molar-refractivity contribution is 0.0685. The number of nitrogens with two attached hydrogens (primary N) is 1. The van der Waals surface area contributed by atoms with Crippen LogP contribution in [0, 0.1) is 5.92 Å². The smallest absolute Gasteiger partial charge is 0.0642 e. The van der Waals surface area contributed by atoms with Crippen molar-refractivity contribution in [2.24, 2.45) is 11.7 Å². The van der Waals surface area contributed by atoms with Crippen molar-refractivity contribution in [1.82, 2.24) is 0 Å². The summed E-state index contributed by atoms with van der Waals surface area (Å²) < 4.78 is 5.38. The van der Waals surface area contributed by atoms with Gasteiger partial charge in [-0.05, 0) is 36.5 Å². The quantitative estimate of drug-likeness (QED) is 0.912. The molecule has 0 amide bonds. The van der Waals surface area contributed by atoms with E-state index in [1.54, 1.807) is 0 Å². The molecule has 0 unspecified atom stereocenters. The Balaban J connectivity index is 2.01. The van der Waals surface area contributed by atoms with Gasteiger partial charge in [-0.3, -0.25) is 0 Å². The second-order valence-corrected chi connectivity index (χ2v) is 5.33. The molecule has 0 radical (unpaired) electrons. The summed E-state index contributed by atoms with van der Waals surface area (Å²) in [6, 6.07) is 6.06. The molecule has 0 saturated carbocycles. The first kappa shape index (κ1) is 13.7. The molecule has 0 spiro atoms. The first-order valence-corrected chi connectivity index (χ1v) is 6.86. The Morgan fingerprint density at radius 1 is 1.39 bits per heavy atom. The molecule has 1 heterocycles. The molecular weight excluding hydrogens is 248 g/mol. The summed E-state index contributed by atoms with van der Waals surface area (Å²) in [5.41, 5.74) is 7.76. The van der Waals surface area contributed by atoms with Crippen LogP contribution in [0.2, 0.25) is 5.02 Å². The van der Waals surface area contributed by atoms with Crippen molar-refractivity contribution < 1.29 is 4.74 Å². The Morgan fingerprint density at radius 2 is 2.11 bits per heavy atom. The summed E-state index contributed by atoms with van der Waals surface area (Å²) in [6.07, 6.45) is 2.28. The Bertz CT molecular complexity index is 391. The molecule has 3 nitrogen and oxygen atoms in total. The largest absolute Gasteiger partial charge is 0.381 e. The number of hydrogen-bond acceptors (Lipinski definition) is 3. The van der Waals surface area contributed by atoms with Gasteiger partial charge >= 0.3 is 0 Å². The van der Waals surface area contributed by atoms with Crippen LogP contribution >= 0.6 is 11.6 Å². The first-order chi connectivity index (χ1) is 8.70. The zero-order valence-electron chi connectivity index (χ0n) is 10.9. The van der Waals surface area contributed by atoms with E-state index in [-0.39, 0.29) is 0 Å². The molecule has 2 N–H and O–H groups in total. The van der Waals surface area contributed by atoms with Crippen molar-refractivity contribution in [3.63, 3.8) is 0 Å². The molecule has 0 atom stereocenters. The highest BCUT2D eigenvalue weighted by Crippen LogP contribution is 2.28. The number of hydrogen-bond donors (Lipinski definition) is 1. The van der Waals surface area contributed by atoms with Gasteiger partial charge in [-0.2, -0.15) is 0 Å². The minimum Gasteiger partial charge on any atom is -0.381 e. The topological polar surface area (TPSA) is 38.5 Å². The van der Waals surface area contributed by atoms with E-state index in [0.29, 0.717) is 12.5 Å². The van der Waals surface area contributed by atoms with Crippen molar-refractivity contribution in [3.8, 4) is 0 Å². The zero-order chi connectivity index (χ0) is 13.0. The standard InChI is InChI=1S/C14H21ClN2O/c1-17(10-11-4-6-18-7-5-11)14-3-2-12(9-16)8-13(14)15/h2-3,8,11H,4-7,9-10,16H2,1H3. The van der Waals surface area contributed by atoms with Crippen LogP contribution in [-0.4, -0.2) is 26.8 Å². The van der Waals surface area contributed by atoms with Crippen LogP contribution in [0.4, 0.5) is 5.69 Å². The third-order valence-corrected chi connectivity index (χ3v) is 3.83. The fraction of sp³-hybridized carbons (Fsp3) is 0.571. The molecule has 2 rings (SSSR count). The predicted molar refractivity (Wildman–Crippen MR) is 76.2 cm³/mol. The molecule has 1 aromatic carbocycles. The van der Waals surface area contributed by atoms with Crippen LogP contribution in [0.25, 0.3) is 0 Å². The van der Waals surface area contributed by atoms with E-state index in [1.165, 1.54) is 0 Å². The summed E-state index contributed by atoms with van der Waals surface area (Å²) >= 11 is 6.30. The number of nitrogens with zero attached hydrogens (tertiary/aromatic N) is 1. The number of rotatable bonds is 4. The molecule has 4 heteroatoms. The number of ether oxygens (including phenoxy) is 1. The third kappa shape index (κ3) is 3.37. The molecule has 100 valence electrons. The van der Waals surface area contributed by atoms with E-state index in [1.807, 2.05) is 12.1 Å². The highest BCUT2D eigenvalue weighted by atomic mass is 35.5. The van der Waals surface area contributed by atoms with Gasteiger partial charge in [0.1, 0.15) is 0 Å². The number of benzene rings is 1. The summed E-state index contributed by atoms with van der Waals surface area (Å²) in [7, 11) is 2.10. The van der Waals surface area contributed by atoms with Crippen molar-refractivity contribution >= 4 is 17.3 Å². The average Bonchev–Trinajstić information content (AvgIpc) is 2.39. The lowest BCUT2D eigenvalue weighted by atomic mass is 9.99.